The van der Waals surface area contributed by atoms with Gasteiger partial charge in [0.2, 0.25) is 15.9 Å². The van der Waals surface area contributed by atoms with E-state index in [1.165, 1.54) is 4.90 Å². The van der Waals surface area contributed by atoms with Gasteiger partial charge in [0, 0.05) is 12.6 Å². The molecule has 1 aromatic rings. The summed E-state index contributed by atoms with van der Waals surface area (Å²) >= 11 is 0. The van der Waals surface area contributed by atoms with Crippen molar-refractivity contribution in [1.29, 1.82) is 0 Å². The van der Waals surface area contributed by atoms with Crippen LogP contribution >= 0.6 is 12.4 Å². The molecular weight excluding hydrogens is 480 g/mol. The first-order valence-electron chi connectivity index (χ1n) is 11.8. The Labute approximate surface area is 209 Å². The molecule has 0 bridgehead atoms. The average Bonchev–Trinajstić information content (AvgIpc) is 3.42. The van der Waals surface area contributed by atoms with Gasteiger partial charge in [-0.05, 0) is 37.9 Å². The molecular formula is C23H37ClN4O5S. The van der Waals surface area contributed by atoms with Crippen LogP contribution in [0.15, 0.2) is 22.4 Å². The van der Waals surface area contributed by atoms with E-state index in [0.29, 0.717) is 18.0 Å². The van der Waals surface area contributed by atoms with Gasteiger partial charge in [-0.1, -0.05) is 45.7 Å². The van der Waals surface area contributed by atoms with Gasteiger partial charge >= 0.3 is 0 Å². The van der Waals surface area contributed by atoms with Crippen LogP contribution in [-0.4, -0.2) is 71.4 Å². The molecule has 3 heterocycles. The van der Waals surface area contributed by atoms with Gasteiger partial charge in [-0.25, -0.2) is 12.7 Å². The molecule has 0 N–H and O–H groups in total. The molecule has 1 saturated heterocycles. The number of sulfonamides is 1. The number of aromatic nitrogens is 1. The van der Waals surface area contributed by atoms with E-state index in [4.69, 9.17) is 4.52 Å². The highest BCUT2D eigenvalue weighted by atomic mass is 35.5. The Morgan fingerprint density at radius 2 is 1.85 bits per heavy atom. The molecule has 2 amide bonds. The van der Waals surface area contributed by atoms with Crippen LogP contribution in [0.25, 0.3) is 0 Å². The highest BCUT2D eigenvalue weighted by Crippen LogP contribution is 2.41. The fourth-order valence-electron chi connectivity index (χ4n) is 4.67. The van der Waals surface area contributed by atoms with Crippen molar-refractivity contribution in [2.45, 2.75) is 66.0 Å². The summed E-state index contributed by atoms with van der Waals surface area (Å²) in [6.45, 7) is 10.8. The smallest absolute Gasteiger partial charge is 0.276 e. The van der Waals surface area contributed by atoms with E-state index in [9.17, 15) is 18.0 Å². The van der Waals surface area contributed by atoms with Gasteiger partial charge in [0.1, 0.15) is 0 Å². The van der Waals surface area contributed by atoms with Gasteiger partial charge in [-0.3, -0.25) is 14.5 Å². The van der Waals surface area contributed by atoms with Gasteiger partial charge < -0.3 is 9.42 Å². The van der Waals surface area contributed by atoms with Crippen molar-refractivity contribution in [1.82, 2.24) is 19.3 Å². The molecule has 11 heteroatoms. The maximum absolute atomic E-state index is 13.3. The van der Waals surface area contributed by atoms with Crippen molar-refractivity contribution in [2.24, 2.45) is 11.8 Å². The highest BCUT2D eigenvalue weighted by Gasteiger charge is 2.55. The zero-order valence-electron chi connectivity index (χ0n) is 20.7. The lowest BCUT2D eigenvalue weighted by molar-refractivity contribution is -0.128. The summed E-state index contributed by atoms with van der Waals surface area (Å²) in [5.41, 5.74) is 0.543. The fraction of sp³-hybridized carbons (Fsp3) is 0.696. The SMILES string of the molecule is CCCCN(CCCC)Cc1cc(C(=O)N2CC=C3[C@H]2[C@@H](C(C)C)C(=O)N3S(C)(=O)=O)no1.Cl. The maximum atomic E-state index is 13.3. The van der Waals surface area contributed by atoms with Gasteiger partial charge in [-0.15, -0.1) is 12.4 Å². The minimum absolute atomic E-state index is 0. The second kappa shape index (κ2) is 11.7. The van der Waals surface area contributed by atoms with E-state index in [-0.39, 0.29) is 36.5 Å². The molecule has 0 spiro atoms. The Kier molecular flexibility index (Phi) is 9.73. The number of rotatable bonds is 11. The van der Waals surface area contributed by atoms with Crippen molar-refractivity contribution in [2.75, 3.05) is 25.9 Å². The molecule has 1 aromatic heterocycles. The van der Waals surface area contributed by atoms with Crippen LogP contribution in [0.3, 0.4) is 0 Å². The zero-order valence-corrected chi connectivity index (χ0v) is 22.3. The summed E-state index contributed by atoms with van der Waals surface area (Å²) in [7, 11) is -3.77. The molecule has 2 aliphatic heterocycles. The third kappa shape index (κ3) is 5.83. The van der Waals surface area contributed by atoms with Gasteiger partial charge in [0.05, 0.1) is 30.5 Å². The molecule has 2 aliphatic rings. The molecule has 0 aliphatic carbocycles. The maximum Gasteiger partial charge on any atom is 0.276 e. The number of hydrogen-bond donors (Lipinski definition) is 0. The van der Waals surface area contributed by atoms with Crippen LogP contribution in [0.4, 0.5) is 0 Å². The van der Waals surface area contributed by atoms with E-state index in [2.05, 4.69) is 23.9 Å². The van der Waals surface area contributed by atoms with Crippen molar-refractivity contribution in [3.63, 3.8) is 0 Å². The Hall–Kier alpha value is -1.91. The number of fused-ring (bicyclic) bond motifs is 1. The third-order valence-corrected chi connectivity index (χ3v) is 7.37. The van der Waals surface area contributed by atoms with Gasteiger partial charge in [-0.2, -0.15) is 0 Å². The lowest BCUT2D eigenvalue weighted by atomic mass is 9.89. The number of nitrogens with zero attached hydrogens (tertiary/aromatic N) is 4. The predicted molar refractivity (Wildman–Crippen MR) is 132 cm³/mol. The summed E-state index contributed by atoms with van der Waals surface area (Å²) < 4.78 is 30.9. The topological polar surface area (TPSA) is 104 Å². The Morgan fingerprint density at radius 3 is 2.38 bits per heavy atom. The van der Waals surface area contributed by atoms with E-state index >= 15 is 0 Å². The lowest BCUT2D eigenvalue weighted by Gasteiger charge is -2.28. The van der Waals surface area contributed by atoms with Crippen molar-refractivity contribution in [3.8, 4) is 0 Å². The molecule has 192 valence electrons. The number of carbonyl (C=O) groups is 2. The fourth-order valence-corrected chi connectivity index (χ4v) is 5.68. The lowest BCUT2D eigenvalue weighted by Crippen LogP contribution is -2.43. The molecule has 0 radical (unpaired) electrons. The number of carbonyl (C=O) groups excluding carboxylic acids is 2. The highest BCUT2D eigenvalue weighted by molar-refractivity contribution is 7.89. The number of unbranched alkanes of at least 4 members (excludes halogenated alkanes) is 2. The van der Waals surface area contributed by atoms with Crippen molar-refractivity contribution >= 4 is 34.2 Å². The Bertz CT molecular complexity index is 999. The van der Waals surface area contributed by atoms with Crippen LogP contribution in [-0.2, 0) is 21.4 Å². The summed E-state index contributed by atoms with van der Waals surface area (Å²) in [6, 6.07) is 1.05. The largest absolute Gasteiger partial charge is 0.359 e. The van der Waals surface area contributed by atoms with Crippen LogP contribution in [0, 0.1) is 11.8 Å². The zero-order chi connectivity index (χ0) is 24.3. The van der Waals surface area contributed by atoms with E-state index in [1.807, 2.05) is 13.8 Å². The van der Waals surface area contributed by atoms with Crippen LogP contribution < -0.4 is 0 Å². The minimum atomic E-state index is -3.77. The normalized spacial score (nSPS) is 20.2. The minimum Gasteiger partial charge on any atom is -0.359 e. The molecule has 0 aromatic carbocycles. The van der Waals surface area contributed by atoms with Crippen LogP contribution in [0.2, 0.25) is 0 Å². The first-order valence-corrected chi connectivity index (χ1v) is 13.7. The summed E-state index contributed by atoms with van der Waals surface area (Å²) in [4.78, 5) is 30.1. The monoisotopic (exact) mass is 516 g/mol. The predicted octanol–water partition coefficient (Wildman–Crippen LogP) is 3.28. The third-order valence-electron chi connectivity index (χ3n) is 6.32. The van der Waals surface area contributed by atoms with Crippen molar-refractivity contribution < 1.29 is 22.5 Å². The molecule has 3 rings (SSSR count). The first kappa shape index (κ1) is 28.3. The molecule has 0 saturated carbocycles. The second-order valence-electron chi connectivity index (χ2n) is 9.33. The van der Waals surface area contributed by atoms with Gasteiger partial charge in [0.15, 0.2) is 11.5 Å². The number of amides is 2. The van der Waals surface area contributed by atoms with Crippen LogP contribution in [0.5, 0.6) is 0 Å². The molecule has 34 heavy (non-hydrogen) atoms. The standard InChI is InChI=1S/C23H36N4O5S.ClH/c1-6-8-11-25(12-9-7-2)15-17-14-18(24-32-17)22(28)26-13-10-19-21(26)20(16(3)4)23(29)27(19)33(5,30)31;/h10,14,16,20-21H,6-9,11-13,15H2,1-5H3;1H/t20-,21+;/m1./s1. The first-order chi connectivity index (χ1) is 15.6. The van der Waals surface area contributed by atoms with E-state index < -0.39 is 27.9 Å². The molecule has 1 fully saturated rings. The van der Waals surface area contributed by atoms with Gasteiger partial charge in [0.25, 0.3) is 5.91 Å². The van der Waals surface area contributed by atoms with E-state index in [1.54, 1.807) is 12.1 Å². The average molecular weight is 517 g/mol. The summed E-state index contributed by atoms with van der Waals surface area (Å²) in [5.74, 6) is -0.973. The second-order valence-corrected chi connectivity index (χ2v) is 11.2. The Morgan fingerprint density at radius 1 is 1.24 bits per heavy atom. The van der Waals surface area contributed by atoms with Crippen molar-refractivity contribution in [3.05, 3.63) is 29.3 Å². The molecule has 2 atom stereocenters. The molecule has 0 unspecified atom stereocenters. The number of hydrogen-bond acceptors (Lipinski definition) is 7. The Balaban J connectivity index is 0.00000408. The molecule has 9 nitrogen and oxygen atoms in total. The summed E-state index contributed by atoms with van der Waals surface area (Å²) in [5, 5.41) is 4.01. The number of halogens is 1. The van der Waals surface area contributed by atoms with Crippen LogP contribution in [0.1, 0.15) is 69.6 Å². The quantitative estimate of drug-likeness (QED) is 0.444. The summed E-state index contributed by atoms with van der Waals surface area (Å²) in [6.07, 6.45) is 7.07. The van der Waals surface area contributed by atoms with E-state index in [0.717, 1.165) is 49.3 Å².